The monoisotopic (exact) mass is 297 g/mol. The third-order valence-electron chi connectivity index (χ3n) is 2.38. The average molecular weight is 297 g/mol. The highest BCUT2D eigenvalue weighted by molar-refractivity contribution is 7.12. The third-order valence-corrected chi connectivity index (χ3v) is 3.28. The third kappa shape index (κ3) is 2.97. The van der Waals surface area contributed by atoms with E-state index in [-0.39, 0.29) is 6.54 Å². The Hall–Kier alpha value is -2.33. The number of hydrogen-bond acceptors (Lipinski definition) is 8. The van der Waals surface area contributed by atoms with Crippen molar-refractivity contribution in [3.05, 3.63) is 22.7 Å². The number of nitrogens with zero attached hydrogens (tertiary/aromatic N) is 4. The number of aromatic nitrogens is 4. The second-order valence-electron chi connectivity index (χ2n) is 3.64. The van der Waals surface area contributed by atoms with E-state index in [2.05, 4.69) is 25.6 Å². The summed E-state index contributed by atoms with van der Waals surface area (Å²) in [6.07, 6.45) is -0.0392. The zero-order chi connectivity index (χ0) is 14.5. The first-order valence-corrected chi connectivity index (χ1v) is 6.36. The van der Waals surface area contributed by atoms with Crippen LogP contribution in [0.4, 0.5) is 0 Å². The molecule has 2 N–H and O–H groups in total. The molecule has 0 aliphatic carbocycles. The minimum atomic E-state index is -1.40. The SMILES string of the molecule is COC(=O)C(O)CNC(=O)c1sccc1-n1cnnn1. The molecule has 2 aromatic heterocycles. The number of tetrazole rings is 1. The highest BCUT2D eigenvalue weighted by Gasteiger charge is 2.19. The van der Waals surface area contributed by atoms with E-state index in [0.717, 1.165) is 7.11 Å². The lowest BCUT2D eigenvalue weighted by Gasteiger charge is -2.09. The molecule has 0 saturated heterocycles. The summed E-state index contributed by atoms with van der Waals surface area (Å²) in [5.74, 6) is -1.24. The summed E-state index contributed by atoms with van der Waals surface area (Å²) in [7, 11) is 1.16. The fraction of sp³-hybridized carbons (Fsp3) is 0.300. The predicted octanol–water partition coefficient (Wildman–Crippen LogP) is -1.01. The van der Waals surface area contributed by atoms with Gasteiger partial charge in [-0.1, -0.05) is 0 Å². The first kappa shape index (κ1) is 14.1. The quantitative estimate of drug-likeness (QED) is 0.678. The number of hydrogen-bond donors (Lipinski definition) is 2. The molecule has 2 heterocycles. The van der Waals surface area contributed by atoms with Crippen molar-refractivity contribution >= 4 is 23.2 Å². The Labute approximate surface area is 117 Å². The Kier molecular flexibility index (Phi) is 4.38. The van der Waals surface area contributed by atoms with Crippen LogP contribution in [0.1, 0.15) is 9.67 Å². The maximum Gasteiger partial charge on any atom is 0.336 e. The van der Waals surface area contributed by atoms with Crippen molar-refractivity contribution in [1.82, 2.24) is 25.5 Å². The van der Waals surface area contributed by atoms with E-state index in [9.17, 15) is 14.7 Å². The fourth-order valence-corrected chi connectivity index (χ4v) is 2.21. The predicted molar refractivity (Wildman–Crippen MR) is 67.4 cm³/mol. The van der Waals surface area contributed by atoms with E-state index in [0.29, 0.717) is 10.6 Å². The number of aliphatic hydroxyl groups excluding tert-OH is 1. The van der Waals surface area contributed by atoms with E-state index in [1.165, 1.54) is 22.3 Å². The summed E-state index contributed by atoms with van der Waals surface area (Å²) in [5, 5.41) is 24.2. The minimum absolute atomic E-state index is 0.238. The van der Waals surface area contributed by atoms with Gasteiger partial charge in [0.1, 0.15) is 11.2 Å². The van der Waals surface area contributed by atoms with Crippen LogP contribution in [0.3, 0.4) is 0 Å². The van der Waals surface area contributed by atoms with Gasteiger partial charge < -0.3 is 15.2 Å². The minimum Gasteiger partial charge on any atom is -0.467 e. The number of nitrogens with one attached hydrogen (secondary N) is 1. The summed E-state index contributed by atoms with van der Waals surface area (Å²) in [5.41, 5.74) is 0.519. The Balaban J connectivity index is 2.04. The topological polar surface area (TPSA) is 119 Å². The number of carbonyl (C=O) groups excluding carboxylic acids is 2. The van der Waals surface area contributed by atoms with Gasteiger partial charge in [-0.05, 0) is 21.9 Å². The van der Waals surface area contributed by atoms with Crippen molar-refractivity contribution in [2.45, 2.75) is 6.10 Å². The molecule has 2 rings (SSSR count). The van der Waals surface area contributed by atoms with Crippen LogP contribution in [0.15, 0.2) is 17.8 Å². The Morgan fingerprint density at radius 2 is 2.40 bits per heavy atom. The molecule has 0 radical (unpaired) electrons. The molecule has 0 aliphatic heterocycles. The van der Waals surface area contributed by atoms with Gasteiger partial charge in [-0.2, -0.15) is 4.68 Å². The van der Waals surface area contributed by atoms with Gasteiger partial charge in [-0.15, -0.1) is 16.4 Å². The summed E-state index contributed by atoms with van der Waals surface area (Å²) in [6, 6.07) is 1.69. The molecule has 0 bridgehead atoms. The van der Waals surface area contributed by atoms with Crippen LogP contribution in [-0.2, 0) is 9.53 Å². The van der Waals surface area contributed by atoms with Gasteiger partial charge in [0, 0.05) is 0 Å². The number of thiophene rings is 1. The summed E-state index contributed by atoms with van der Waals surface area (Å²) < 4.78 is 5.70. The van der Waals surface area contributed by atoms with Gasteiger partial charge in [-0.3, -0.25) is 4.79 Å². The number of methoxy groups -OCH3 is 1. The Morgan fingerprint density at radius 3 is 3.05 bits per heavy atom. The van der Waals surface area contributed by atoms with E-state index < -0.39 is 18.0 Å². The molecule has 0 saturated carbocycles. The van der Waals surface area contributed by atoms with Gasteiger partial charge >= 0.3 is 5.97 Å². The largest absolute Gasteiger partial charge is 0.467 e. The first-order valence-electron chi connectivity index (χ1n) is 5.48. The van der Waals surface area contributed by atoms with Crippen molar-refractivity contribution in [3.63, 3.8) is 0 Å². The zero-order valence-electron chi connectivity index (χ0n) is 10.4. The van der Waals surface area contributed by atoms with Gasteiger partial charge in [0.15, 0.2) is 6.10 Å². The van der Waals surface area contributed by atoms with E-state index in [1.807, 2.05) is 0 Å². The van der Waals surface area contributed by atoms with Crippen molar-refractivity contribution in [2.24, 2.45) is 0 Å². The molecule has 1 amide bonds. The van der Waals surface area contributed by atoms with E-state index in [4.69, 9.17) is 0 Å². The van der Waals surface area contributed by atoms with Crippen molar-refractivity contribution in [2.75, 3.05) is 13.7 Å². The summed E-state index contributed by atoms with van der Waals surface area (Å²) in [4.78, 5) is 23.4. The number of amides is 1. The number of rotatable bonds is 5. The second-order valence-corrected chi connectivity index (χ2v) is 4.55. The van der Waals surface area contributed by atoms with Gasteiger partial charge in [0.2, 0.25) is 0 Å². The molecule has 0 aliphatic rings. The van der Waals surface area contributed by atoms with Crippen LogP contribution in [0.25, 0.3) is 5.69 Å². The number of ether oxygens (including phenoxy) is 1. The summed E-state index contributed by atoms with van der Waals surface area (Å²) >= 11 is 1.20. The molecule has 1 unspecified atom stereocenters. The van der Waals surface area contributed by atoms with Gasteiger partial charge in [0.05, 0.1) is 19.3 Å². The summed E-state index contributed by atoms with van der Waals surface area (Å²) in [6.45, 7) is -0.238. The van der Waals surface area contributed by atoms with Crippen LogP contribution >= 0.6 is 11.3 Å². The molecule has 0 spiro atoms. The highest BCUT2D eigenvalue weighted by Crippen LogP contribution is 2.19. The molecule has 0 aromatic carbocycles. The first-order chi connectivity index (χ1) is 9.63. The fourth-order valence-electron chi connectivity index (χ4n) is 1.41. The molecule has 0 fully saturated rings. The molecule has 2 aromatic rings. The van der Waals surface area contributed by atoms with Crippen molar-refractivity contribution in [3.8, 4) is 5.69 Å². The van der Waals surface area contributed by atoms with Crippen molar-refractivity contribution < 1.29 is 19.4 Å². The van der Waals surface area contributed by atoms with Crippen LogP contribution in [0.2, 0.25) is 0 Å². The molecule has 20 heavy (non-hydrogen) atoms. The van der Waals surface area contributed by atoms with Gasteiger partial charge in [-0.25, -0.2) is 4.79 Å². The number of esters is 1. The van der Waals surface area contributed by atoms with Crippen LogP contribution in [0.5, 0.6) is 0 Å². The normalized spacial score (nSPS) is 11.9. The molecule has 9 nitrogen and oxygen atoms in total. The maximum absolute atomic E-state index is 12.0. The smallest absolute Gasteiger partial charge is 0.336 e. The molecular formula is C10H11N5O4S. The lowest BCUT2D eigenvalue weighted by molar-refractivity contribution is -0.149. The second kappa shape index (κ2) is 6.21. The van der Waals surface area contributed by atoms with E-state index in [1.54, 1.807) is 11.4 Å². The lowest BCUT2D eigenvalue weighted by Crippen LogP contribution is -2.37. The molecular weight excluding hydrogens is 286 g/mol. The standard InChI is InChI=1S/C10H11N5O4S/c1-19-10(18)7(16)4-11-9(17)8-6(2-3-20-8)15-5-12-13-14-15/h2-3,5,7,16H,4H2,1H3,(H,11,17). The molecule has 10 heteroatoms. The van der Waals surface area contributed by atoms with Crippen molar-refractivity contribution in [1.29, 1.82) is 0 Å². The number of aliphatic hydroxyl groups is 1. The molecule has 1 atom stereocenters. The molecule has 106 valence electrons. The van der Waals surface area contributed by atoms with Gasteiger partial charge in [0.25, 0.3) is 5.91 Å². The van der Waals surface area contributed by atoms with Crippen LogP contribution in [-0.4, -0.2) is 56.9 Å². The lowest BCUT2D eigenvalue weighted by atomic mass is 10.3. The maximum atomic E-state index is 12.0. The van der Waals surface area contributed by atoms with Crippen LogP contribution < -0.4 is 5.32 Å². The Morgan fingerprint density at radius 1 is 1.60 bits per heavy atom. The highest BCUT2D eigenvalue weighted by atomic mass is 32.1. The number of carbonyl (C=O) groups is 2. The van der Waals surface area contributed by atoms with Crippen LogP contribution in [0, 0.1) is 0 Å². The Bertz CT molecular complexity index is 597. The average Bonchev–Trinajstić information content (AvgIpc) is 3.12. The zero-order valence-corrected chi connectivity index (χ0v) is 11.2. The van der Waals surface area contributed by atoms with E-state index >= 15 is 0 Å².